The summed E-state index contributed by atoms with van der Waals surface area (Å²) < 4.78 is 5.08. The van der Waals surface area contributed by atoms with Crippen molar-refractivity contribution >= 4 is 35.8 Å². The molecular weight excluding hydrogens is 371 g/mol. The predicted molar refractivity (Wildman–Crippen MR) is 93.8 cm³/mol. The quantitative estimate of drug-likeness (QED) is 0.381. The van der Waals surface area contributed by atoms with E-state index in [2.05, 4.69) is 29.5 Å². The van der Waals surface area contributed by atoms with Crippen LogP contribution in [0.1, 0.15) is 27.2 Å². The number of nitrogens with zero attached hydrogens (tertiary/aromatic N) is 2. The van der Waals surface area contributed by atoms with Crippen LogP contribution in [-0.2, 0) is 9.53 Å². The first kappa shape index (κ1) is 21.7. The molecule has 0 aliphatic carbocycles. The van der Waals surface area contributed by atoms with Gasteiger partial charge in [-0.1, -0.05) is 6.92 Å². The summed E-state index contributed by atoms with van der Waals surface area (Å²) in [5.74, 6) is 0.624. The number of ether oxygens (including phenoxy) is 1. The lowest BCUT2D eigenvalue weighted by Gasteiger charge is -2.21. The first-order valence-electron chi connectivity index (χ1n) is 6.67. The fourth-order valence-electron chi connectivity index (χ4n) is 1.28. The number of carbonyl (C=O) groups excluding carboxylic acids is 1. The fourth-order valence-corrected chi connectivity index (χ4v) is 1.28. The molecular formula is C13H29IN4O2. The molecule has 0 rings (SSSR count). The van der Waals surface area contributed by atoms with Crippen LogP contribution in [0.25, 0.3) is 0 Å². The fraction of sp³-hybridized carbons (Fsp3) is 0.846. The summed E-state index contributed by atoms with van der Waals surface area (Å²) in [5.41, 5.74) is 0. The number of guanidine groups is 1. The number of halogens is 1. The summed E-state index contributed by atoms with van der Waals surface area (Å²) in [7, 11) is 5.11. The normalized spacial score (nSPS) is 14.0. The van der Waals surface area contributed by atoms with Gasteiger partial charge in [-0.2, -0.15) is 0 Å². The predicted octanol–water partition coefficient (Wildman–Crippen LogP) is 1.06. The molecule has 0 aromatic rings. The van der Waals surface area contributed by atoms with E-state index in [9.17, 15) is 4.79 Å². The van der Waals surface area contributed by atoms with Crippen LogP contribution in [0.2, 0.25) is 0 Å². The highest BCUT2D eigenvalue weighted by atomic mass is 127. The zero-order valence-electron chi connectivity index (χ0n) is 13.4. The summed E-state index contributed by atoms with van der Waals surface area (Å²) in [6, 6.07) is 0.435. The smallest absolute Gasteiger partial charge is 0.243 e. The molecule has 0 fully saturated rings. The van der Waals surface area contributed by atoms with Crippen molar-refractivity contribution < 1.29 is 9.53 Å². The van der Waals surface area contributed by atoms with E-state index in [0.29, 0.717) is 18.6 Å². The van der Waals surface area contributed by atoms with Gasteiger partial charge < -0.3 is 20.3 Å². The van der Waals surface area contributed by atoms with E-state index in [1.165, 1.54) is 4.90 Å². The third kappa shape index (κ3) is 10.2. The average molecular weight is 400 g/mol. The molecule has 20 heavy (non-hydrogen) atoms. The van der Waals surface area contributed by atoms with Gasteiger partial charge in [0, 0.05) is 33.3 Å². The van der Waals surface area contributed by atoms with Crippen molar-refractivity contribution in [3.8, 4) is 0 Å². The first-order valence-corrected chi connectivity index (χ1v) is 6.67. The minimum Gasteiger partial charge on any atom is -0.383 e. The Labute approximate surface area is 139 Å². The molecule has 120 valence electrons. The second-order valence-electron chi connectivity index (χ2n) is 4.91. The van der Waals surface area contributed by atoms with E-state index in [0.717, 1.165) is 6.42 Å². The third-order valence-electron chi connectivity index (χ3n) is 2.67. The highest BCUT2D eigenvalue weighted by molar-refractivity contribution is 14.0. The van der Waals surface area contributed by atoms with Crippen LogP contribution in [0.4, 0.5) is 0 Å². The Bertz CT molecular complexity index is 298. The number of methoxy groups -OCH3 is 1. The molecule has 0 saturated heterocycles. The van der Waals surface area contributed by atoms with Crippen LogP contribution in [0, 0.1) is 0 Å². The maximum atomic E-state index is 11.6. The molecule has 2 unspecified atom stereocenters. The Morgan fingerprint density at radius 2 is 1.80 bits per heavy atom. The molecule has 0 aliphatic rings. The number of rotatable bonds is 7. The SMILES string of the molecule is CCC(C)NC(=NCC(=O)N(C)C)NC(C)COC.I. The van der Waals surface area contributed by atoms with E-state index in [1.54, 1.807) is 21.2 Å². The Balaban J connectivity index is 0. The molecule has 2 N–H and O–H groups in total. The Hall–Kier alpha value is -0.570. The summed E-state index contributed by atoms with van der Waals surface area (Å²) in [5, 5.41) is 6.48. The third-order valence-corrected chi connectivity index (χ3v) is 2.67. The number of aliphatic imine (C=N–C) groups is 1. The second kappa shape index (κ2) is 12.2. The second-order valence-corrected chi connectivity index (χ2v) is 4.91. The summed E-state index contributed by atoms with van der Waals surface area (Å²) >= 11 is 0. The molecule has 1 amide bonds. The lowest BCUT2D eigenvalue weighted by Crippen LogP contribution is -2.47. The molecule has 0 aromatic heterocycles. The minimum atomic E-state index is -0.0235. The highest BCUT2D eigenvalue weighted by Crippen LogP contribution is 1.91. The molecule has 0 saturated carbocycles. The lowest BCUT2D eigenvalue weighted by atomic mass is 10.3. The van der Waals surface area contributed by atoms with Gasteiger partial charge in [0.1, 0.15) is 6.54 Å². The van der Waals surface area contributed by atoms with Crippen molar-refractivity contribution in [2.24, 2.45) is 4.99 Å². The van der Waals surface area contributed by atoms with Gasteiger partial charge in [0.05, 0.1) is 6.61 Å². The molecule has 0 radical (unpaired) electrons. The summed E-state index contributed by atoms with van der Waals surface area (Å²) in [6.07, 6.45) is 0.987. The molecule has 0 heterocycles. The molecule has 6 nitrogen and oxygen atoms in total. The Morgan fingerprint density at radius 3 is 2.25 bits per heavy atom. The Kier molecular flexibility index (Phi) is 13.2. The van der Waals surface area contributed by atoms with E-state index in [-0.39, 0.29) is 42.5 Å². The van der Waals surface area contributed by atoms with Gasteiger partial charge in [0.15, 0.2) is 5.96 Å². The first-order chi connectivity index (χ1) is 8.90. The molecule has 0 bridgehead atoms. The zero-order valence-corrected chi connectivity index (χ0v) is 15.7. The van der Waals surface area contributed by atoms with Crippen LogP contribution in [0.5, 0.6) is 0 Å². The van der Waals surface area contributed by atoms with E-state index in [4.69, 9.17) is 4.74 Å². The van der Waals surface area contributed by atoms with Gasteiger partial charge in [-0.05, 0) is 20.3 Å². The largest absolute Gasteiger partial charge is 0.383 e. The molecule has 0 spiro atoms. The Morgan fingerprint density at radius 1 is 1.25 bits per heavy atom. The number of nitrogens with one attached hydrogen (secondary N) is 2. The number of amides is 1. The van der Waals surface area contributed by atoms with Crippen molar-refractivity contribution in [2.75, 3.05) is 34.4 Å². The van der Waals surface area contributed by atoms with Crippen LogP contribution < -0.4 is 10.6 Å². The number of carbonyl (C=O) groups is 1. The van der Waals surface area contributed by atoms with Gasteiger partial charge in [0.25, 0.3) is 0 Å². The van der Waals surface area contributed by atoms with Crippen LogP contribution >= 0.6 is 24.0 Å². The molecule has 2 atom stereocenters. The summed E-state index contributed by atoms with van der Waals surface area (Å²) in [6.45, 7) is 6.90. The maximum Gasteiger partial charge on any atom is 0.243 e. The number of likely N-dealkylation sites (N-methyl/N-ethyl adjacent to an activating group) is 1. The van der Waals surface area contributed by atoms with Gasteiger partial charge in [-0.15, -0.1) is 24.0 Å². The number of hydrogen-bond donors (Lipinski definition) is 2. The van der Waals surface area contributed by atoms with Gasteiger partial charge in [-0.25, -0.2) is 4.99 Å². The van der Waals surface area contributed by atoms with Gasteiger partial charge >= 0.3 is 0 Å². The highest BCUT2D eigenvalue weighted by Gasteiger charge is 2.09. The minimum absolute atomic E-state index is 0. The van der Waals surface area contributed by atoms with Crippen molar-refractivity contribution in [1.82, 2.24) is 15.5 Å². The van der Waals surface area contributed by atoms with Crippen molar-refractivity contribution in [3.05, 3.63) is 0 Å². The van der Waals surface area contributed by atoms with Gasteiger partial charge in [0.2, 0.25) is 5.91 Å². The average Bonchev–Trinajstić information content (AvgIpc) is 2.35. The standard InChI is InChI=1S/C13H28N4O2.HI/c1-7-10(2)15-13(16-11(3)9-19-6)14-8-12(18)17(4)5;/h10-11H,7-9H2,1-6H3,(H2,14,15,16);1H. The van der Waals surface area contributed by atoms with Crippen molar-refractivity contribution in [3.63, 3.8) is 0 Å². The van der Waals surface area contributed by atoms with Crippen LogP contribution in [-0.4, -0.2) is 63.2 Å². The van der Waals surface area contributed by atoms with Crippen LogP contribution in [0.15, 0.2) is 4.99 Å². The monoisotopic (exact) mass is 400 g/mol. The van der Waals surface area contributed by atoms with Crippen molar-refractivity contribution in [2.45, 2.75) is 39.3 Å². The molecule has 0 aliphatic heterocycles. The van der Waals surface area contributed by atoms with E-state index < -0.39 is 0 Å². The van der Waals surface area contributed by atoms with Gasteiger partial charge in [-0.3, -0.25) is 4.79 Å². The zero-order chi connectivity index (χ0) is 14.8. The topological polar surface area (TPSA) is 66.0 Å². The lowest BCUT2D eigenvalue weighted by molar-refractivity contribution is -0.127. The van der Waals surface area contributed by atoms with E-state index in [1.807, 2.05) is 6.92 Å². The summed E-state index contributed by atoms with van der Waals surface area (Å²) in [4.78, 5) is 17.4. The van der Waals surface area contributed by atoms with Crippen LogP contribution in [0.3, 0.4) is 0 Å². The number of hydrogen-bond acceptors (Lipinski definition) is 3. The molecule has 7 heteroatoms. The maximum absolute atomic E-state index is 11.6. The molecule has 0 aromatic carbocycles. The van der Waals surface area contributed by atoms with Crippen molar-refractivity contribution in [1.29, 1.82) is 0 Å². The van der Waals surface area contributed by atoms with E-state index >= 15 is 0 Å².